The number of rotatable bonds is 0. The van der Waals surface area contributed by atoms with Crippen LogP contribution in [0, 0.1) is 12.8 Å². The van der Waals surface area contributed by atoms with Crippen molar-refractivity contribution in [2.24, 2.45) is 5.92 Å². The highest BCUT2D eigenvalue weighted by atomic mass is 16.2. The third kappa shape index (κ3) is 3.60. The fourth-order valence-corrected chi connectivity index (χ4v) is 1.25. The molecule has 1 unspecified atom stereocenters. The zero-order valence-electron chi connectivity index (χ0n) is 8.79. The van der Waals surface area contributed by atoms with Crippen LogP contribution in [0.15, 0.2) is 30.3 Å². The molecular formula is C12H17NO. The van der Waals surface area contributed by atoms with Crippen molar-refractivity contribution in [1.82, 2.24) is 5.32 Å². The van der Waals surface area contributed by atoms with Crippen LogP contribution < -0.4 is 5.32 Å². The first-order chi connectivity index (χ1) is 6.70. The quantitative estimate of drug-likeness (QED) is 0.668. The highest BCUT2D eigenvalue weighted by Gasteiger charge is 2.17. The number of carbonyl (C=O) groups is 1. The second-order valence-corrected chi connectivity index (χ2v) is 3.64. The maximum atomic E-state index is 10.5. The molecule has 2 rings (SSSR count). The van der Waals surface area contributed by atoms with Gasteiger partial charge in [-0.15, -0.1) is 0 Å². The Morgan fingerprint density at radius 1 is 1.29 bits per heavy atom. The fourth-order valence-electron chi connectivity index (χ4n) is 1.25. The molecule has 1 aromatic carbocycles. The molecule has 1 aliphatic heterocycles. The van der Waals surface area contributed by atoms with Gasteiger partial charge in [0.1, 0.15) is 0 Å². The zero-order valence-corrected chi connectivity index (χ0v) is 8.79. The Labute approximate surface area is 85.3 Å². The summed E-state index contributed by atoms with van der Waals surface area (Å²) in [7, 11) is 0. The van der Waals surface area contributed by atoms with E-state index in [2.05, 4.69) is 24.4 Å². The van der Waals surface area contributed by atoms with Crippen molar-refractivity contribution >= 4 is 5.91 Å². The minimum absolute atomic E-state index is 0.208. The first-order valence-corrected chi connectivity index (χ1v) is 4.99. The molecular weight excluding hydrogens is 174 g/mol. The number of carbonyl (C=O) groups excluding carboxylic acids is 1. The van der Waals surface area contributed by atoms with Gasteiger partial charge >= 0.3 is 0 Å². The maximum absolute atomic E-state index is 10.5. The molecule has 1 N–H and O–H groups in total. The predicted octanol–water partition coefficient (Wildman–Crippen LogP) is 2.14. The van der Waals surface area contributed by atoms with Gasteiger partial charge in [-0.3, -0.25) is 4.79 Å². The standard InChI is InChI=1S/C7H8.C5H9NO/c1-7-5-3-2-4-6-7;1-4-2-3-6-5(4)7/h2-6H,1H3;4H,2-3H2,1H3,(H,6,7). The van der Waals surface area contributed by atoms with Gasteiger partial charge in [-0.25, -0.2) is 0 Å². The molecule has 1 saturated heterocycles. The van der Waals surface area contributed by atoms with E-state index in [-0.39, 0.29) is 11.8 Å². The zero-order chi connectivity index (χ0) is 10.4. The van der Waals surface area contributed by atoms with Gasteiger partial charge in [0.05, 0.1) is 0 Å². The van der Waals surface area contributed by atoms with Gasteiger partial charge in [0, 0.05) is 12.5 Å². The van der Waals surface area contributed by atoms with Gasteiger partial charge in [-0.05, 0) is 13.3 Å². The van der Waals surface area contributed by atoms with Gasteiger partial charge in [0.15, 0.2) is 0 Å². The molecule has 0 spiro atoms. The Hall–Kier alpha value is -1.31. The van der Waals surface area contributed by atoms with E-state index >= 15 is 0 Å². The molecule has 0 aromatic heterocycles. The summed E-state index contributed by atoms with van der Waals surface area (Å²) in [6, 6.07) is 10.3. The average Bonchev–Trinajstić information content (AvgIpc) is 2.53. The lowest BCUT2D eigenvalue weighted by Gasteiger charge is -1.90. The normalized spacial score (nSPS) is 19.6. The Morgan fingerprint density at radius 2 is 1.93 bits per heavy atom. The van der Waals surface area contributed by atoms with Gasteiger partial charge < -0.3 is 5.32 Å². The predicted molar refractivity (Wildman–Crippen MR) is 58.0 cm³/mol. The molecule has 1 heterocycles. The lowest BCUT2D eigenvalue weighted by Crippen LogP contribution is -2.16. The van der Waals surface area contributed by atoms with Crippen LogP contribution in [0.4, 0.5) is 0 Å². The summed E-state index contributed by atoms with van der Waals surface area (Å²) < 4.78 is 0. The van der Waals surface area contributed by atoms with E-state index in [1.807, 2.05) is 25.1 Å². The minimum atomic E-state index is 0.208. The molecule has 0 radical (unpaired) electrons. The molecule has 1 aliphatic rings. The lowest BCUT2D eigenvalue weighted by atomic mass is 10.1. The molecule has 2 nitrogen and oxygen atoms in total. The molecule has 0 aliphatic carbocycles. The van der Waals surface area contributed by atoms with E-state index in [4.69, 9.17) is 0 Å². The van der Waals surface area contributed by atoms with Crippen LogP contribution in [0.5, 0.6) is 0 Å². The number of nitrogens with one attached hydrogen (secondary N) is 1. The number of benzene rings is 1. The van der Waals surface area contributed by atoms with Crippen LogP contribution >= 0.6 is 0 Å². The molecule has 1 fully saturated rings. The Morgan fingerprint density at radius 3 is 2.14 bits per heavy atom. The molecule has 0 bridgehead atoms. The van der Waals surface area contributed by atoms with Gasteiger partial charge in [-0.1, -0.05) is 42.8 Å². The fraction of sp³-hybridized carbons (Fsp3) is 0.417. The lowest BCUT2D eigenvalue weighted by molar-refractivity contribution is -0.121. The summed E-state index contributed by atoms with van der Waals surface area (Å²) in [4.78, 5) is 10.5. The molecule has 14 heavy (non-hydrogen) atoms. The molecule has 0 saturated carbocycles. The van der Waals surface area contributed by atoms with Crippen molar-refractivity contribution < 1.29 is 4.79 Å². The summed E-state index contributed by atoms with van der Waals surface area (Å²) in [6.07, 6.45) is 1.01. The maximum Gasteiger partial charge on any atom is 0.222 e. The van der Waals surface area contributed by atoms with Crippen molar-refractivity contribution in [1.29, 1.82) is 0 Å². The number of aryl methyl sites for hydroxylation is 1. The molecule has 1 aromatic rings. The van der Waals surface area contributed by atoms with Crippen molar-refractivity contribution in [3.05, 3.63) is 35.9 Å². The van der Waals surface area contributed by atoms with Crippen LogP contribution in [0.25, 0.3) is 0 Å². The van der Waals surface area contributed by atoms with Crippen LogP contribution in [-0.4, -0.2) is 12.5 Å². The van der Waals surface area contributed by atoms with E-state index in [0.29, 0.717) is 0 Å². The summed E-state index contributed by atoms with van der Waals surface area (Å²) in [5, 5.41) is 2.73. The smallest absolute Gasteiger partial charge is 0.222 e. The number of hydrogen-bond donors (Lipinski definition) is 1. The summed E-state index contributed by atoms with van der Waals surface area (Å²) >= 11 is 0. The third-order valence-corrected chi connectivity index (χ3v) is 2.26. The second kappa shape index (κ2) is 5.43. The Balaban J connectivity index is 0.000000140. The second-order valence-electron chi connectivity index (χ2n) is 3.64. The molecule has 76 valence electrons. The molecule has 1 amide bonds. The van der Waals surface area contributed by atoms with Gasteiger partial charge in [0.2, 0.25) is 5.91 Å². The Bertz CT molecular complexity index is 282. The third-order valence-electron chi connectivity index (χ3n) is 2.26. The molecule has 1 atom stereocenters. The minimum Gasteiger partial charge on any atom is -0.356 e. The topological polar surface area (TPSA) is 29.1 Å². The summed E-state index contributed by atoms with van der Waals surface area (Å²) in [5.74, 6) is 0.472. The van der Waals surface area contributed by atoms with Gasteiger partial charge in [-0.2, -0.15) is 0 Å². The number of hydrogen-bond acceptors (Lipinski definition) is 1. The SMILES string of the molecule is CC1CCNC1=O.Cc1ccccc1. The van der Waals surface area contributed by atoms with Crippen molar-refractivity contribution in [2.45, 2.75) is 20.3 Å². The van der Waals surface area contributed by atoms with Gasteiger partial charge in [0.25, 0.3) is 0 Å². The largest absolute Gasteiger partial charge is 0.356 e. The monoisotopic (exact) mass is 191 g/mol. The highest BCUT2D eigenvalue weighted by molar-refractivity contribution is 5.80. The van der Waals surface area contributed by atoms with Crippen LogP contribution in [-0.2, 0) is 4.79 Å². The molecule has 2 heteroatoms. The van der Waals surface area contributed by atoms with E-state index in [1.54, 1.807) is 0 Å². The van der Waals surface area contributed by atoms with Crippen LogP contribution in [0.1, 0.15) is 18.9 Å². The Kier molecular flexibility index (Phi) is 4.17. The summed E-state index contributed by atoms with van der Waals surface area (Å²) in [5.41, 5.74) is 1.32. The van der Waals surface area contributed by atoms with E-state index in [1.165, 1.54) is 5.56 Å². The van der Waals surface area contributed by atoms with Crippen molar-refractivity contribution in [3.8, 4) is 0 Å². The van der Waals surface area contributed by atoms with E-state index in [9.17, 15) is 4.79 Å². The van der Waals surface area contributed by atoms with E-state index < -0.39 is 0 Å². The average molecular weight is 191 g/mol. The van der Waals surface area contributed by atoms with Crippen molar-refractivity contribution in [2.75, 3.05) is 6.54 Å². The van der Waals surface area contributed by atoms with Crippen LogP contribution in [0.2, 0.25) is 0 Å². The number of amides is 1. The summed E-state index contributed by atoms with van der Waals surface area (Å²) in [6.45, 7) is 4.91. The van der Waals surface area contributed by atoms with Crippen LogP contribution in [0.3, 0.4) is 0 Å². The highest BCUT2D eigenvalue weighted by Crippen LogP contribution is 2.05. The first kappa shape index (κ1) is 10.8. The van der Waals surface area contributed by atoms with E-state index in [0.717, 1.165) is 13.0 Å². The first-order valence-electron chi connectivity index (χ1n) is 4.99. The van der Waals surface area contributed by atoms with Crippen molar-refractivity contribution in [3.63, 3.8) is 0 Å².